The van der Waals surface area contributed by atoms with Crippen LogP contribution in [0.5, 0.6) is 0 Å². The van der Waals surface area contributed by atoms with Crippen LogP contribution >= 0.6 is 0 Å². The molecule has 0 aliphatic carbocycles. The lowest BCUT2D eigenvalue weighted by Crippen LogP contribution is -2.37. The molecule has 1 aromatic heterocycles. The molecular weight excluding hydrogens is 340 g/mol. The van der Waals surface area contributed by atoms with Gasteiger partial charge in [0.15, 0.2) is 0 Å². The van der Waals surface area contributed by atoms with Gasteiger partial charge in [0.1, 0.15) is 5.82 Å². The average molecular weight is 375 g/mol. The fraction of sp³-hybridized carbons (Fsp3) is 0.714. The van der Waals surface area contributed by atoms with Crippen molar-refractivity contribution < 1.29 is 9.53 Å². The largest absolute Gasteiger partial charge is 0.381 e. The fourth-order valence-corrected chi connectivity index (χ4v) is 4.09. The summed E-state index contributed by atoms with van der Waals surface area (Å²) in [6.07, 6.45) is 4.91. The number of pyridine rings is 1. The predicted octanol–water partition coefficient (Wildman–Crippen LogP) is 2.40. The Bertz CT molecular complexity index is 599. The van der Waals surface area contributed by atoms with Crippen LogP contribution in [-0.2, 0) is 4.74 Å². The SMILES string of the molecule is CC(C)CN1CC[C@H](CNC(=O)c2ccc(N(C)C3CCOCC3)nc2)C1. The number of anilines is 1. The van der Waals surface area contributed by atoms with Crippen LogP contribution in [0.4, 0.5) is 5.82 Å². The smallest absolute Gasteiger partial charge is 0.252 e. The molecule has 3 heterocycles. The van der Waals surface area contributed by atoms with Crippen molar-refractivity contribution >= 4 is 11.7 Å². The lowest BCUT2D eigenvalue weighted by molar-refractivity contribution is 0.0853. The van der Waals surface area contributed by atoms with Gasteiger partial charge in [-0.15, -0.1) is 0 Å². The van der Waals surface area contributed by atoms with Gasteiger partial charge in [-0.05, 0) is 49.8 Å². The van der Waals surface area contributed by atoms with Gasteiger partial charge in [0.2, 0.25) is 0 Å². The zero-order valence-corrected chi connectivity index (χ0v) is 17.0. The summed E-state index contributed by atoms with van der Waals surface area (Å²) in [5, 5.41) is 3.09. The first kappa shape index (κ1) is 20.1. The summed E-state index contributed by atoms with van der Waals surface area (Å²) >= 11 is 0. The van der Waals surface area contributed by atoms with E-state index in [2.05, 4.69) is 41.0 Å². The zero-order chi connectivity index (χ0) is 19.2. The van der Waals surface area contributed by atoms with Crippen molar-refractivity contribution in [3.05, 3.63) is 23.9 Å². The molecule has 6 nitrogen and oxygen atoms in total. The molecule has 0 spiro atoms. The summed E-state index contributed by atoms with van der Waals surface area (Å²) in [4.78, 5) is 21.7. The lowest BCUT2D eigenvalue weighted by atomic mass is 10.1. The third-order valence-corrected chi connectivity index (χ3v) is 5.65. The third kappa shape index (κ3) is 5.66. The van der Waals surface area contributed by atoms with E-state index in [1.54, 1.807) is 6.20 Å². The second-order valence-electron chi connectivity index (χ2n) is 8.38. The number of rotatable bonds is 7. The first-order chi connectivity index (χ1) is 13.0. The number of amides is 1. The number of nitrogens with one attached hydrogen (secondary N) is 1. The van der Waals surface area contributed by atoms with E-state index in [-0.39, 0.29) is 5.91 Å². The number of nitrogens with zero attached hydrogens (tertiary/aromatic N) is 3. The maximum absolute atomic E-state index is 12.4. The van der Waals surface area contributed by atoms with Gasteiger partial charge >= 0.3 is 0 Å². The summed E-state index contributed by atoms with van der Waals surface area (Å²) in [5.41, 5.74) is 0.635. The quantitative estimate of drug-likeness (QED) is 0.794. The lowest BCUT2D eigenvalue weighted by Gasteiger charge is -2.32. The van der Waals surface area contributed by atoms with Gasteiger partial charge in [0, 0.05) is 52.1 Å². The third-order valence-electron chi connectivity index (χ3n) is 5.65. The molecule has 2 aliphatic heterocycles. The van der Waals surface area contributed by atoms with Crippen molar-refractivity contribution in [2.24, 2.45) is 11.8 Å². The summed E-state index contributed by atoms with van der Waals surface area (Å²) in [7, 11) is 2.07. The number of likely N-dealkylation sites (tertiary alicyclic amines) is 1. The highest BCUT2D eigenvalue weighted by Crippen LogP contribution is 2.20. The zero-order valence-electron chi connectivity index (χ0n) is 17.0. The second kappa shape index (κ2) is 9.51. The Morgan fingerprint density at radius 3 is 2.78 bits per heavy atom. The van der Waals surface area contributed by atoms with Gasteiger partial charge < -0.3 is 19.9 Å². The number of ether oxygens (including phenoxy) is 1. The van der Waals surface area contributed by atoms with Crippen molar-refractivity contribution in [3.8, 4) is 0 Å². The summed E-state index contributed by atoms with van der Waals surface area (Å²) < 4.78 is 5.43. The van der Waals surface area contributed by atoms with Crippen LogP contribution in [0.15, 0.2) is 18.3 Å². The van der Waals surface area contributed by atoms with Crippen molar-refractivity contribution in [1.82, 2.24) is 15.2 Å². The van der Waals surface area contributed by atoms with Gasteiger partial charge in [-0.2, -0.15) is 0 Å². The molecule has 2 fully saturated rings. The molecule has 3 rings (SSSR count). The van der Waals surface area contributed by atoms with Crippen LogP contribution in [0.1, 0.15) is 43.5 Å². The van der Waals surface area contributed by atoms with E-state index in [0.29, 0.717) is 23.4 Å². The molecule has 1 atom stereocenters. The average Bonchev–Trinajstić information content (AvgIpc) is 3.13. The van der Waals surface area contributed by atoms with Crippen LogP contribution in [0.2, 0.25) is 0 Å². The number of carbonyl (C=O) groups is 1. The van der Waals surface area contributed by atoms with Crippen LogP contribution < -0.4 is 10.2 Å². The highest BCUT2D eigenvalue weighted by molar-refractivity contribution is 5.94. The molecule has 150 valence electrons. The van der Waals surface area contributed by atoms with Crippen molar-refractivity contribution in [3.63, 3.8) is 0 Å². The minimum atomic E-state index is -0.0231. The van der Waals surface area contributed by atoms with Gasteiger partial charge in [-0.1, -0.05) is 13.8 Å². The van der Waals surface area contributed by atoms with Crippen LogP contribution in [-0.4, -0.2) is 68.3 Å². The summed E-state index contributed by atoms with van der Waals surface area (Å²) in [6, 6.07) is 4.29. The molecule has 6 heteroatoms. The number of hydrogen-bond acceptors (Lipinski definition) is 5. The van der Waals surface area contributed by atoms with Crippen LogP contribution in [0.3, 0.4) is 0 Å². The molecule has 1 N–H and O–H groups in total. The Kier molecular flexibility index (Phi) is 7.07. The monoisotopic (exact) mass is 374 g/mol. The molecular formula is C21H34N4O2. The molecule has 0 bridgehead atoms. The highest BCUT2D eigenvalue weighted by atomic mass is 16.5. The van der Waals surface area contributed by atoms with E-state index in [1.807, 2.05) is 12.1 Å². The number of aromatic nitrogens is 1. The van der Waals surface area contributed by atoms with E-state index < -0.39 is 0 Å². The maximum Gasteiger partial charge on any atom is 0.252 e. The Labute approximate surface area is 163 Å². The van der Waals surface area contributed by atoms with E-state index in [1.165, 1.54) is 6.42 Å². The molecule has 0 radical (unpaired) electrons. The standard InChI is InChI=1S/C21H34N4O2/c1-16(2)14-25-9-6-17(15-25)12-23-21(26)18-4-5-20(22-13-18)24(3)19-7-10-27-11-8-19/h4-5,13,16-17,19H,6-12,14-15H2,1-3H3,(H,23,26)/t17-/m1/s1. The molecule has 1 aromatic rings. The molecule has 27 heavy (non-hydrogen) atoms. The predicted molar refractivity (Wildman–Crippen MR) is 108 cm³/mol. The van der Waals surface area contributed by atoms with Gasteiger partial charge in [-0.25, -0.2) is 4.98 Å². The van der Waals surface area contributed by atoms with E-state index in [4.69, 9.17) is 4.74 Å². The Morgan fingerprint density at radius 1 is 1.33 bits per heavy atom. The summed E-state index contributed by atoms with van der Waals surface area (Å²) in [6.45, 7) is 10.3. The fourth-order valence-electron chi connectivity index (χ4n) is 4.09. The topological polar surface area (TPSA) is 57.7 Å². The van der Waals surface area contributed by atoms with E-state index >= 15 is 0 Å². The molecule has 2 saturated heterocycles. The van der Waals surface area contributed by atoms with Crippen molar-refractivity contribution in [2.75, 3.05) is 51.3 Å². The highest BCUT2D eigenvalue weighted by Gasteiger charge is 2.23. The van der Waals surface area contributed by atoms with Crippen LogP contribution in [0, 0.1) is 11.8 Å². The normalized spacial score (nSPS) is 21.6. The van der Waals surface area contributed by atoms with E-state index in [0.717, 1.165) is 58.1 Å². The second-order valence-corrected chi connectivity index (χ2v) is 8.38. The van der Waals surface area contributed by atoms with Crippen molar-refractivity contribution in [2.45, 2.75) is 39.2 Å². The molecule has 0 aromatic carbocycles. The van der Waals surface area contributed by atoms with Gasteiger partial charge in [0.25, 0.3) is 5.91 Å². The minimum Gasteiger partial charge on any atom is -0.381 e. The van der Waals surface area contributed by atoms with E-state index in [9.17, 15) is 4.79 Å². The Balaban J connectivity index is 1.46. The summed E-state index contributed by atoms with van der Waals surface area (Å²) in [5.74, 6) is 2.14. The molecule has 0 unspecified atom stereocenters. The van der Waals surface area contributed by atoms with Gasteiger partial charge in [-0.3, -0.25) is 4.79 Å². The van der Waals surface area contributed by atoms with Gasteiger partial charge in [0.05, 0.1) is 5.56 Å². The number of carbonyl (C=O) groups excluding carboxylic acids is 1. The molecule has 1 amide bonds. The number of hydrogen-bond donors (Lipinski definition) is 1. The Hall–Kier alpha value is -1.66. The molecule has 0 saturated carbocycles. The van der Waals surface area contributed by atoms with Crippen molar-refractivity contribution in [1.29, 1.82) is 0 Å². The Morgan fingerprint density at radius 2 is 2.11 bits per heavy atom. The minimum absolute atomic E-state index is 0.0231. The first-order valence-corrected chi connectivity index (χ1v) is 10.3. The molecule has 2 aliphatic rings. The van der Waals surface area contributed by atoms with Crippen LogP contribution in [0.25, 0.3) is 0 Å². The maximum atomic E-state index is 12.4. The first-order valence-electron chi connectivity index (χ1n) is 10.3.